The molecule has 0 saturated heterocycles. The Morgan fingerprint density at radius 2 is 1.65 bits per heavy atom. The summed E-state index contributed by atoms with van der Waals surface area (Å²) in [6, 6.07) is 0.719. The second kappa shape index (κ2) is 5.23. The molecule has 20 heavy (non-hydrogen) atoms. The summed E-state index contributed by atoms with van der Waals surface area (Å²) in [5.74, 6) is -6.76. The topological polar surface area (TPSA) is 80.7 Å². The third-order valence-corrected chi connectivity index (χ3v) is 2.84. The van der Waals surface area contributed by atoms with Crippen molar-refractivity contribution < 1.29 is 44.5 Å². The van der Waals surface area contributed by atoms with E-state index < -0.39 is 51.0 Å². The highest BCUT2D eigenvalue weighted by molar-refractivity contribution is 7.88. The van der Waals surface area contributed by atoms with Gasteiger partial charge in [-0.05, 0) is 17.7 Å². The molecule has 0 spiro atoms. The molecule has 0 fully saturated rings. The van der Waals surface area contributed by atoms with Gasteiger partial charge < -0.3 is 9.29 Å². The maximum atomic E-state index is 13.3. The molecule has 0 aliphatic rings. The summed E-state index contributed by atoms with van der Waals surface area (Å²) in [6.45, 7) is 0. The number of halogens is 5. The van der Waals surface area contributed by atoms with Gasteiger partial charge in [-0.1, -0.05) is 0 Å². The zero-order valence-electron chi connectivity index (χ0n) is 9.24. The lowest BCUT2D eigenvalue weighted by Crippen LogP contribution is -2.28. The summed E-state index contributed by atoms with van der Waals surface area (Å²) in [6.07, 6.45) is -0.805. The normalized spacial score (nSPS) is 12.2. The van der Waals surface area contributed by atoms with Gasteiger partial charge in [-0.3, -0.25) is 4.79 Å². The lowest BCUT2D eigenvalue weighted by molar-refractivity contribution is -0.136. The van der Waals surface area contributed by atoms with E-state index in [1.807, 2.05) is 0 Å². The number of benzene rings is 1. The van der Waals surface area contributed by atoms with Crippen molar-refractivity contribution >= 4 is 16.1 Å². The number of aliphatic carboxylic acids is 1. The van der Waals surface area contributed by atoms with Crippen LogP contribution in [0.4, 0.5) is 22.0 Å². The Hall–Kier alpha value is -1.91. The molecule has 0 aliphatic heterocycles. The fraction of sp³-hybridized carbons (Fsp3) is 0.222. The second-order valence-corrected chi connectivity index (χ2v) is 4.98. The Morgan fingerprint density at radius 3 is 2.00 bits per heavy atom. The quantitative estimate of drug-likeness (QED) is 0.520. The minimum absolute atomic E-state index is 0.360. The maximum absolute atomic E-state index is 13.3. The Morgan fingerprint density at radius 1 is 1.20 bits per heavy atom. The van der Waals surface area contributed by atoms with Crippen molar-refractivity contribution in [3.63, 3.8) is 0 Å². The molecule has 1 aromatic carbocycles. The van der Waals surface area contributed by atoms with Crippen LogP contribution in [0.15, 0.2) is 12.1 Å². The SMILES string of the molecule is O=C(O)Cc1cc(F)c(OS(=O)(=O)C(F)(F)F)c(F)c1. The van der Waals surface area contributed by atoms with Gasteiger partial charge in [-0.25, -0.2) is 8.78 Å². The lowest BCUT2D eigenvalue weighted by atomic mass is 10.1. The van der Waals surface area contributed by atoms with Crippen LogP contribution in [0.3, 0.4) is 0 Å². The monoisotopic (exact) mass is 320 g/mol. The van der Waals surface area contributed by atoms with Gasteiger partial charge in [0.1, 0.15) is 0 Å². The fourth-order valence-corrected chi connectivity index (χ4v) is 1.60. The number of carbonyl (C=O) groups is 1. The lowest BCUT2D eigenvalue weighted by Gasteiger charge is -2.11. The summed E-state index contributed by atoms with van der Waals surface area (Å²) in [5.41, 5.74) is -6.27. The van der Waals surface area contributed by atoms with E-state index in [4.69, 9.17) is 5.11 Å². The van der Waals surface area contributed by atoms with Crippen LogP contribution in [-0.2, 0) is 21.3 Å². The van der Waals surface area contributed by atoms with Gasteiger partial charge in [0.15, 0.2) is 11.6 Å². The van der Waals surface area contributed by atoms with E-state index in [0.29, 0.717) is 12.1 Å². The summed E-state index contributed by atoms with van der Waals surface area (Å²) in [4.78, 5) is 10.3. The molecule has 1 N–H and O–H groups in total. The second-order valence-electron chi connectivity index (χ2n) is 3.44. The number of hydrogen-bond donors (Lipinski definition) is 1. The van der Waals surface area contributed by atoms with Crippen molar-refractivity contribution in [2.75, 3.05) is 0 Å². The molecule has 5 nitrogen and oxygen atoms in total. The van der Waals surface area contributed by atoms with Gasteiger partial charge in [-0.15, -0.1) is 0 Å². The number of carboxylic acid groups (broad SMARTS) is 1. The average molecular weight is 320 g/mol. The minimum atomic E-state index is -6.23. The Bertz CT molecular complexity index is 614. The molecule has 0 aliphatic carbocycles. The zero-order valence-corrected chi connectivity index (χ0v) is 10.1. The summed E-state index contributed by atoms with van der Waals surface area (Å²) < 4.78 is 87.1. The molecule has 1 rings (SSSR count). The standard InChI is InChI=1S/C9H5F5O5S/c10-5-1-4(3-7(15)16)2-6(11)8(5)19-20(17,18)9(12,13)14/h1-2H,3H2,(H,15,16). The Kier molecular flexibility index (Phi) is 4.22. The molecule has 11 heteroatoms. The molecule has 0 aromatic heterocycles. The van der Waals surface area contributed by atoms with Crippen LogP contribution in [0.2, 0.25) is 0 Å². The van der Waals surface area contributed by atoms with Gasteiger partial charge in [0.05, 0.1) is 6.42 Å². The molecule has 0 radical (unpaired) electrons. The molecular formula is C9H5F5O5S. The smallest absolute Gasteiger partial charge is 0.481 e. The summed E-state index contributed by atoms with van der Waals surface area (Å²) in [7, 11) is -6.23. The predicted molar refractivity (Wildman–Crippen MR) is 53.3 cm³/mol. The van der Waals surface area contributed by atoms with Crippen molar-refractivity contribution in [3.05, 3.63) is 29.3 Å². The van der Waals surface area contributed by atoms with Crippen LogP contribution in [0, 0.1) is 11.6 Å². The van der Waals surface area contributed by atoms with E-state index in [1.165, 1.54) is 0 Å². The fourth-order valence-electron chi connectivity index (χ4n) is 1.13. The molecule has 0 bridgehead atoms. The first-order valence-electron chi connectivity index (χ1n) is 4.64. The van der Waals surface area contributed by atoms with Crippen molar-refractivity contribution in [1.82, 2.24) is 0 Å². The molecule has 0 amide bonds. The van der Waals surface area contributed by atoms with Gasteiger partial charge in [0.25, 0.3) is 0 Å². The van der Waals surface area contributed by atoms with Gasteiger partial charge >= 0.3 is 21.6 Å². The van der Waals surface area contributed by atoms with E-state index in [0.717, 1.165) is 0 Å². The van der Waals surface area contributed by atoms with E-state index in [9.17, 15) is 35.2 Å². The van der Waals surface area contributed by atoms with E-state index in [2.05, 4.69) is 4.18 Å². The molecule has 112 valence electrons. The summed E-state index contributed by atoms with van der Waals surface area (Å²) >= 11 is 0. The highest BCUT2D eigenvalue weighted by Crippen LogP contribution is 2.30. The van der Waals surface area contributed by atoms with Crippen LogP contribution in [0.1, 0.15) is 5.56 Å². The first kappa shape index (κ1) is 16.1. The largest absolute Gasteiger partial charge is 0.534 e. The van der Waals surface area contributed by atoms with Gasteiger partial charge in [-0.2, -0.15) is 21.6 Å². The molecule has 0 saturated carbocycles. The molecule has 0 atom stereocenters. The first-order valence-corrected chi connectivity index (χ1v) is 6.05. The van der Waals surface area contributed by atoms with Crippen molar-refractivity contribution in [1.29, 1.82) is 0 Å². The van der Waals surface area contributed by atoms with Crippen LogP contribution in [-0.4, -0.2) is 25.0 Å². The van der Waals surface area contributed by atoms with Gasteiger partial charge in [0.2, 0.25) is 5.75 Å². The average Bonchev–Trinajstić information content (AvgIpc) is 2.20. The number of carboxylic acids is 1. The van der Waals surface area contributed by atoms with Crippen molar-refractivity contribution in [2.24, 2.45) is 0 Å². The van der Waals surface area contributed by atoms with Crippen LogP contribution < -0.4 is 4.18 Å². The highest BCUT2D eigenvalue weighted by Gasteiger charge is 2.49. The van der Waals surface area contributed by atoms with Crippen LogP contribution in [0.25, 0.3) is 0 Å². The Balaban J connectivity index is 3.19. The van der Waals surface area contributed by atoms with E-state index in [1.54, 1.807) is 0 Å². The van der Waals surface area contributed by atoms with E-state index in [-0.39, 0.29) is 0 Å². The molecule has 0 unspecified atom stereocenters. The van der Waals surface area contributed by atoms with Crippen LogP contribution >= 0.6 is 0 Å². The third kappa shape index (κ3) is 3.56. The predicted octanol–water partition coefficient (Wildman–Crippen LogP) is 1.82. The Labute approximate surface area is 108 Å². The molecule has 1 aromatic rings. The van der Waals surface area contributed by atoms with E-state index >= 15 is 0 Å². The van der Waals surface area contributed by atoms with Crippen molar-refractivity contribution in [2.45, 2.75) is 11.9 Å². The number of hydrogen-bond acceptors (Lipinski definition) is 4. The zero-order chi connectivity index (χ0) is 15.7. The number of rotatable bonds is 4. The van der Waals surface area contributed by atoms with Crippen molar-refractivity contribution in [3.8, 4) is 5.75 Å². The third-order valence-electron chi connectivity index (χ3n) is 1.89. The highest BCUT2D eigenvalue weighted by atomic mass is 32.2. The molecular weight excluding hydrogens is 315 g/mol. The first-order chi connectivity index (χ1) is 8.94. The number of alkyl halides is 3. The minimum Gasteiger partial charge on any atom is -0.481 e. The van der Waals surface area contributed by atoms with Crippen LogP contribution in [0.5, 0.6) is 5.75 Å². The maximum Gasteiger partial charge on any atom is 0.534 e. The summed E-state index contributed by atoms with van der Waals surface area (Å²) in [5, 5.41) is 8.39. The molecule has 0 heterocycles. The van der Waals surface area contributed by atoms with Gasteiger partial charge in [0, 0.05) is 0 Å².